The molecule has 1 heterocycles. The Labute approximate surface area is 91.5 Å². The molecule has 0 radical (unpaired) electrons. The molecular formula is C4H5F3N2O3S3. The lowest BCUT2D eigenvalue weighted by Crippen LogP contribution is -2.21. The van der Waals surface area contributed by atoms with Crippen molar-refractivity contribution < 1.29 is 26.1 Å². The van der Waals surface area contributed by atoms with Gasteiger partial charge in [-0.15, -0.1) is 10.2 Å². The van der Waals surface area contributed by atoms with E-state index in [9.17, 15) is 13.2 Å². The quantitative estimate of drug-likeness (QED) is 0.479. The lowest BCUT2D eigenvalue weighted by atomic mass is 11.6. The minimum Gasteiger partial charge on any atom is -0.279 e. The molecule has 1 rings (SSSR count). The molecule has 88 valence electrons. The average molecular weight is 282 g/mol. The second-order valence-corrected chi connectivity index (χ2v) is 5.13. The van der Waals surface area contributed by atoms with Gasteiger partial charge in [-0.3, -0.25) is 4.55 Å². The second kappa shape index (κ2) is 5.63. The van der Waals surface area contributed by atoms with Crippen molar-refractivity contribution in [2.75, 3.05) is 6.26 Å². The molecule has 0 saturated carbocycles. The maximum Gasteiger partial charge on any atom is 0.522 e. The van der Waals surface area contributed by atoms with E-state index < -0.39 is 15.6 Å². The number of halogens is 3. The molecule has 0 atom stereocenters. The van der Waals surface area contributed by atoms with Crippen molar-refractivity contribution in [2.45, 2.75) is 9.85 Å². The zero-order valence-corrected chi connectivity index (χ0v) is 9.54. The highest BCUT2D eigenvalue weighted by atomic mass is 32.2. The van der Waals surface area contributed by atoms with E-state index in [1.54, 1.807) is 28.6 Å². The minimum absolute atomic E-state index is 1.03. The van der Waals surface area contributed by atoms with E-state index in [4.69, 9.17) is 13.0 Å². The molecule has 0 aliphatic heterocycles. The second-order valence-electron chi connectivity index (χ2n) is 1.83. The predicted molar refractivity (Wildman–Crippen MR) is 49.3 cm³/mol. The first-order valence-corrected chi connectivity index (χ1v) is 6.57. The maximum atomic E-state index is 10.7. The highest BCUT2D eigenvalue weighted by molar-refractivity contribution is 8.00. The van der Waals surface area contributed by atoms with Gasteiger partial charge in [-0.2, -0.15) is 21.6 Å². The third-order valence-electron chi connectivity index (χ3n) is 0.807. The van der Waals surface area contributed by atoms with Gasteiger partial charge in [0, 0.05) is 0 Å². The zero-order valence-electron chi connectivity index (χ0n) is 7.09. The lowest BCUT2D eigenvalue weighted by molar-refractivity contribution is -0.0510. The first-order valence-electron chi connectivity index (χ1n) is 3.02. The van der Waals surface area contributed by atoms with Gasteiger partial charge in [-0.1, -0.05) is 23.1 Å². The van der Waals surface area contributed by atoms with Gasteiger partial charge >= 0.3 is 15.6 Å². The first-order chi connectivity index (χ1) is 6.68. The van der Waals surface area contributed by atoms with Crippen LogP contribution in [0.3, 0.4) is 0 Å². The number of alkyl halides is 3. The Bertz CT molecular complexity index is 374. The summed E-state index contributed by atoms with van der Waals surface area (Å²) in [6, 6.07) is 0. The van der Waals surface area contributed by atoms with Crippen molar-refractivity contribution in [1.29, 1.82) is 0 Å². The van der Waals surface area contributed by atoms with Crippen LogP contribution < -0.4 is 0 Å². The summed E-state index contributed by atoms with van der Waals surface area (Å²) in [5, 5.41) is 7.41. The Morgan fingerprint density at radius 2 is 2.00 bits per heavy atom. The number of rotatable bonds is 1. The molecule has 0 spiro atoms. The molecule has 0 amide bonds. The molecule has 0 fully saturated rings. The van der Waals surface area contributed by atoms with Crippen molar-refractivity contribution in [2.24, 2.45) is 0 Å². The molecule has 0 unspecified atom stereocenters. The molecule has 5 nitrogen and oxygen atoms in total. The van der Waals surface area contributed by atoms with Gasteiger partial charge in [0.1, 0.15) is 5.51 Å². The highest BCUT2D eigenvalue weighted by Crippen LogP contribution is 2.20. The van der Waals surface area contributed by atoms with Crippen LogP contribution in [-0.2, 0) is 10.1 Å². The summed E-state index contributed by atoms with van der Waals surface area (Å²) in [6.07, 6.45) is 1.99. The molecule has 0 aliphatic rings. The van der Waals surface area contributed by atoms with Gasteiger partial charge in [-0.05, 0) is 6.26 Å². The zero-order chi connectivity index (χ0) is 12.1. The van der Waals surface area contributed by atoms with Crippen molar-refractivity contribution in [3.05, 3.63) is 5.51 Å². The van der Waals surface area contributed by atoms with Crippen LogP contribution in [0, 0.1) is 0 Å². The fourth-order valence-electron chi connectivity index (χ4n) is 0.252. The number of nitrogens with zero attached hydrogens (tertiary/aromatic N) is 2. The SMILES string of the molecule is CSc1nncs1.O=S(=O)(O)C(F)(F)F. The number of hydrogen-bond donors (Lipinski definition) is 1. The summed E-state index contributed by atoms with van der Waals surface area (Å²) in [4.78, 5) is 0. The number of aromatic nitrogens is 2. The maximum absolute atomic E-state index is 10.7. The van der Waals surface area contributed by atoms with Gasteiger partial charge in [0.15, 0.2) is 4.34 Å². The Kier molecular flexibility index (Phi) is 5.48. The van der Waals surface area contributed by atoms with Crippen molar-refractivity contribution in [3.8, 4) is 0 Å². The van der Waals surface area contributed by atoms with E-state index in [1.807, 2.05) is 6.26 Å². The third-order valence-corrected chi connectivity index (χ3v) is 3.09. The topological polar surface area (TPSA) is 80.2 Å². The van der Waals surface area contributed by atoms with Gasteiger partial charge in [-0.25, -0.2) is 0 Å². The summed E-state index contributed by atoms with van der Waals surface area (Å²) >= 11 is 3.18. The molecule has 1 aromatic rings. The van der Waals surface area contributed by atoms with Gasteiger partial charge in [0.25, 0.3) is 0 Å². The normalized spacial score (nSPS) is 11.8. The van der Waals surface area contributed by atoms with Crippen LogP contribution in [0.25, 0.3) is 0 Å². The predicted octanol–water partition coefficient (Wildman–Crippen LogP) is 1.65. The third kappa shape index (κ3) is 5.92. The summed E-state index contributed by atoms with van der Waals surface area (Å²) in [6.45, 7) is 0. The van der Waals surface area contributed by atoms with Gasteiger partial charge < -0.3 is 0 Å². The van der Waals surface area contributed by atoms with Gasteiger partial charge in [0.2, 0.25) is 0 Å². The van der Waals surface area contributed by atoms with Crippen molar-refractivity contribution >= 4 is 33.2 Å². The van der Waals surface area contributed by atoms with Crippen LogP contribution in [0.2, 0.25) is 0 Å². The van der Waals surface area contributed by atoms with Gasteiger partial charge in [0.05, 0.1) is 0 Å². The minimum atomic E-state index is -5.84. The summed E-state index contributed by atoms with van der Waals surface area (Å²) < 4.78 is 58.6. The van der Waals surface area contributed by atoms with E-state index in [0.29, 0.717) is 0 Å². The number of thioether (sulfide) groups is 1. The fourth-order valence-corrected chi connectivity index (χ4v) is 1.17. The number of hydrogen-bond acceptors (Lipinski definition) is 6. The Morgan fingerprint density at radius 3 is 2.13 bits per heavy atom. The lowest BCUT2D eigenvalue weighted by Gasteiger charge is -1.97. The summed E-state index contributed by atoms with van der Waals surface area (Å²) in [7, 11) is -5.84. The Balaban J connectivity index is 0.000000262. The van der Waals surface area contributed by atoms with Crippen LogP contribution >= 0.6 is 23.1 Å². The van der Waals surface area contributed by atoms with Crippen LogP contribution in [0.15, 0.2) is 9.85 Å². The molecule has 11 heteroatoms. The average Bonchev–Trinajstić information content (AvgIpc) is 2.52. The van der Waals surface area contributed by atoms with E-state index in [1.165, 1.54) is 0 Å². The fraction of sp³-hybridized carbons (Fsp3) is 0.500. The van der Waals surface area contributed by atoms with E-state index in [-0.39, 0.29) is 0 Å². The monoisotopic (exact) mass is 282 g/mol. The van der Waals surface area contributed by atoms with Crippen molar-refractivity contribution in [1.82, 2.24) is 10.2 Å². The Morgan fingerprint density at radius 1 is 1.53 bits per heavy atom. The highest BCUT2D eigenvalue weighted by Gasteiger charge is 2.44. The Hall–Kier alpha value is -0.390. The van der Waals surface area contributed by atoms with Crippen LogP contribution in [0.4, 0.5) is 13.2 Å². The van der Waals surface area contributed by atoms with Crippen LogP contribution in [0.5, 0.6) is 0 Å². The molecule has 0 bridgehead atoms. The smallest absolute Gasteiger partial charge is 0.279 e. The van der Waals surface area contributed by atoms with E-state index in [0.717, 1.165) is 4.34 Å². The largest absolute Gasteiger partial charge is 0.522 e. The molecule has 0 aliphatic carbocycles. The molecule has 1 aromatic heterocycles. The van der Waals surface area contributed by atoms with Crippen LogP contribution in [-0.4, -0.2) is 34.9 Å². The molecule has 15 heavy (non-hydrogen) atoms. The summed E-state index contributed by atoms with van der Waals surface area (Å²) in [5.41, 5.74) is -3.81. The first kappa shape index (κ1) is 14.6. The molecule has 0 saturated heterocycles. The molecule has 1 N–H and O–H groups in total. The molecule has 0 aromatic carbocycles. The van der Waals surface area contributed by atoms with Crippen LogP contribution in [0.1, 0.15) is 0 Å². The van der Waals surface area contributed by atoms with E-state index >= 15 is 0 Å². The summed E-state index contributed by atoms with van der Waals surface area (Å²) in [5.74, 6) is 0. The van der Waals surface area contributed by atoms with Crippen molar-refractivity contribution in [3.63, 3.8) is 0 Å². The molecular weight excluding hydrogens is 277 g/mol. The standard InChI is InChI=1S/C3H4N2S2.CHF3O3S/c1-6-3-5-4-2-7-3;2-1(3,4)8(5,6)7/h2H,1H3;(H,5,6,7). The van der Waals surface area contributed by atoms with E-state index in [2.05, 4.69) is 10.2 Å².